The number of ether oxygens (including phenoxy) is 1. The van der Waals surface area contributed by atoms with Crippen molar-refractivity contribution in [2.24, 2.45) is 11.3 Å². The minimum Gasteiger partial charge on any atom is -0.481 e. The van der Waals surface area contributed by atoms with Gasteiger partial charge in [0, 0.05) is 24.9 Å². The van der Waals surface area contributed by atoms with Crippen LogP contribution in [0.25, 0.3) is 0 Å². The van der Waals surface area contributed by atoms with Crippen LogP contribution in [0.5, 0.6) is 0 Å². The molecule has 5 nitrogen and oxygen atoms in total. The number of alkyl halides is 2. The molecule has 1 saturated carbocycles. The van der Waals surface area contributed by atoms with E-state index in [0.29, 0.717) is 0 Å². The second kappa shape index (κ2) is 5.91. The molecule has 2 aliphatic rings. The predicted octanol–water partition coefficient (Wildman–Crippen LogP) is 3.52. The van der Waals surface area contributed by atoms with Crippen molar-refractivity contribution in [3.05, 3.63) is 0 Å². The van der Waals surface area contributed by atoms with E-state index in [1.165, 1.54) is 4.90 Å². The molecular weight excluding hydrogens is 308 g/mol. The van der Waals surface area contributed by atoms with Gasteiger partial charge in [-0.2, -0.15) is 0 Å². The quantitative estimate of drug-likeness (QED) is 0.797. The molecule has 1 atom stereocenters. The number of nitrogens with zero attached hydrogens (tertiary/aromatic N) is 1. The summed E-state index contributed by atoms with van der Waals surface area (Å²) >= 11 is 0. The van der Waals surface area contributed by atoms with Crippen molar-refractivity contribution >= 4 is 12.1 Å². The van der Waals surface area contributed by atoms with Crippen LogP contribution >= 0.6 is 0 Å². The minimum atomic E-state index is -3.01. The van der Waals surface area contributed by atoms with E-state index in [2.05, 4.69) is 0 Å². The summed E-state index contributed by atoms with van der Waals surface area (Å²) in [7, 11) is 0. The van der Waals surface area contributed by atoms with E-state index in [-0.39, 0.29) is 38.8 Å². The minimum absolute atomic E-state index is 0.186. The zero-order valence-corrected chi connectivity index (χ0v) is 13.9. The SMILES string of the molecule is CC(C)(C)OC(=O)N1CCC2(CCC(C(=O)O)CC2(F)F)CC1. The summed E-state index contributed by atoms with van der Waals surface area (Å²) in [6.07, 6.45) is -0.238. The molecule has 1 spiro atoms. The largest absolute Gasteiger partial charge is 0.481 e. The van der Waals surface area contributed by atoms with Gasteiger partial charge in [-0.25, -0.2) is 13.6 Å². The Balaban J connectivity index is 2.00. The maximum atomic E-state index is 14.6. The summed E-state index contributed by atoms with van der Waals surface area (Å²) in [5, 5.41) is 8.98. The highest BCUT2D eigenvalue weighted by Gasteiger charge is 2.58. The molecule has 1 unspecified atom stereocenters. The molecular formula is C16H25F2NO4. The summed E-state index contributed by atoms with van der Waals surface area (Å²) in [6, 6.07) is 0. The second-order valence-corrected chi connectivity index (χ2v) is 7.73. The lowest BCUT2D eigenvalue weighted by Gasteiger charge is -2.49. The highest BCUT2D eigenvalue weighted by atomic mass is 19.3. The number of rotatable bonds is 1. The maximum Gasteiger partial charge on any atom is 0.410 e. The molecule has 0 aromatic rings. The Bertz CT molecular complexity index is 479. The first kappa shape index (κ1) is 17.9. The van der Waals surface area contributed by atoms with E-state index in [4.69, 9.17) is 9.84 Å². The molecule has 1 aliphatic carbocycles. The van der Waals surface area contributed by atoms with Crippen molar-refractivity contribution < 1.29 is 28.2 Å². The fourth-order valence-corrected chi connectivity index (χ4v) is 3.53. The molecule has 0 aromatic carbocycles. The summed E-state index contributed by atoms with van der Waals surface area (Å²) in [5.74, 6) is -5.13. The number of aliphatic carboxylic acids is 1. The summed E-state index contributed by atoms with van der Waals surface area (Å²) in [5.41, 5.74) is -1.80. The van der Waals surface area contributed by atoms with Gasteiger partial charge in [0.25, 0.3) is 5.92 Å². The number of hydrogen-bond donors (Lipinski definition) is 1. The molecule has 0 bridgehead atoms. The van der Waals surface area contributed by atoms with Crippen LogP contribution in [0.1, 0.15) is 52.9 Å². The van der Waals surface area contributed by atoms with Gasteiger partial charge in [0.05, 0.1) is 5.92 Å². The maximum absolute atomic E-state index is 14.6. The summed E-state index contributed by atoms with van der Waals surface area (Å²) in [6.45, 7) is 5.73. The zero-order chi connectivity index (χ0) is 17.5. The number of hydrogen-bond acceptors (Lipinski definition) is 3. The average Bonchev–Trinajstić information content (AvgIpc) is 2.40. The lowest BCUT2D eigenvalue weighted by molar-refractivity contribution is -0.190. The Kier molecular flexibility index (Phi) is 4.61. The molecule has 1 N–H and O–H groups in total. The number of likely N-dealkylation sites (tertiary alicyclic amines) is 1. The van der Waals surface area contributed by atoms with Crippen molar-refractivity contribution in [3.8, 4) is 0 Å². The second-order valence-electron chi connectivity index (χ2n) is 7.73. The first-order chi connectivity index (χ1) is 10.5. The lowest BCUT2D eigenvalue weighted by Crippen LogP contribution is -2.54. The van der Waals surface area contributed by atoms with Crippen molar-refractivity contribution in [2.75, 3.05) is 13.1 Å². The van der Waals surface area contributed by atoms with Crippen LogP contribution in [0, 0.1) is 11.3 Å². The Morgan fingerprint density at radius 2 is 1.74 bits per heavy atom. The van der Waals surface area contributed by atoms with Gasteiger partial charge in [-0.15, -0.1) is 0 Å². The van der Waals surface area contributed by atoms with Crippen LogP contribution in [-0.4, -0.2) is 46.7 Å². The van der Waals surface area contributed by atoms with Gasteiger partial charge in [-0.3, -0.25) is 4.79 Å². The normalized spacial score (nSPS) is 26.8. The summed E-state index contributed by atoms with van der Waals surface area (Å²) in [4.78, 5) is 24.5. The molecule has 1 saturated heterocycles. The Morgan fingerprint density at radius 1 is 1.17 bits per heavy atom. The van der Waals surface area contributed by atoms with E-state index < -0.39 is 41.3 Å². The van der Waals surface area contributed by atoms with Gasteiger partial charge in [0.15, 0.2) is 0 Å². The van der Waals surface area contributed by atoms with E-state index in [0.717, 1.165) is 0 Å². The molecule has 2 rings (SSSR count). The number of piperidine rings is 1. The van der Waals surface area contributed by atoms with E-state index in [1.807, 2.05) is 0 Å². The third-order valence-corrected chi connectivity index (χ3v) is 4.97. The van der Waals surface area contributed by atoms with Gasteiger partial charge in [0.2, 0.25) is 0 Å². The van der Waals surface area contributed by atoms with Gasteiger partial charge in [-0.05, 0) is 46.5 Å². The third-order valence-electron chi connectivity index (χ3n) is 4.97. The summed E-state index contributed by atoms with van der Waals surface area (Å²) < 4.78 is 34.4. The lowest BCUT2D eigenvalue weighted by atomic mass is 9.63. The average molecular weight is 333 g/mol. The number of halogens is 2. The first-order valence-electron chi connectivity index (χ1n) is 8.04. The molecule has 132 valence electrons. The van der Waals surface area contributed by atoms with Crippen molar-refractivity contribution in [1.82, 2.24) is 4.90 Å². The van der Waals surface area contributed by atoms with Crippen LogP contribution < -0.4 is 0 Å². The molecule has 0 radical (unpaired) electrons. The highest BCUT2D eigenvalue weighted by molar-refractivity contribution is 5.70. The van der Waals surface area contributed by atoms with Crippen molar-refractivity contribution in [2.45, 2.75) is 64.4 Å². The highest BCUT2D eigenvalue weighted by Crippen LogP contribution is 2.55. The van der Waals surface area contributed by atoms with Crippen LogP contribution in [0.4, 0.5) is 13.6 Å². The fraction of sp³-hybridized carbons (Fsp3) is 0.875. The van der Waals surface area contributed by atoms with Gasteiger partial charge in [-0.1, -0.05) is 0 Å². The fourth-order valence-electron chi connectivity index (χ4n) is 3.53. The van der Waals surface area contributed by atoms with Crippen molar-refractivity contribution in [3.63, 3.8) is 0 Å². The number of amides is 1. The van der Waals surface area contributed by atoms with E-state index >= 15 is 0 Å². The Labute approximate surface area is 135 Å². The van der Waals surface area contributed by atoms with E-state index in [1.54, 1.807) is 20.8 Å². The van der Waals surface area contributed by atoms with E-state index in [9.17, 15) is 18.4 Å². The van der Waals surface area contributed by atoms with Crippen LogP contribution in [0.2, 0.25) is 0 Å². The molecule has 1 heterocycles. The van der Waals surface area contributed by atoms with Gasteiger partial charge in [0.1, 0.15) is 5.60 Å². The standard InChI is InChI=1S/C16H25F2NO4/c1-14(2,3)23-13(22)19-8-6-15(7-9-19)5-4-11(12(20)21)10-16(15,17)18/h11H,4-10H2,1-3H3,(H,20,21). The Hall–Kier alpha value is -1.40. The van der Waals surface area contributed by atoms with Crippen LogP contribution in [0.3, 0.4) is 0 Å². The molecule has 2 fully saturated rings. The molecule has 1 amide bonds. The third kappa shape index (κ3) is 3.75. The van der Waals surface area contributed by atoms with Gasteiger partial charge >= 0.3 is 12.1 Å². The predicted molar refractivity (Wildman–Crippen MR) is 79.4 cm³/mol. The number of carboxylic acids is 1. The van der Waals surface area contributed by atoms with Crippen molar-refractivity contribution in [1.29, 1.82) is 0 Å². The molecule has 23 heavy (non-hydrogen) atoms. The monoisotopic (exact) mass is 333 g/mol. The van der Waals surface area contributed by atoms with Crippen LogP contribution in [0.15, 0.2) is 0 Å². The smallest absolute Gasteiger partial charge is 0.410 e. The number of carboxylic acid groups (broad SMARTS) is 1. The topological polar surface area (TPSA) is 66.8 Å². The van der Waals surface area contributed by atoms with Crippen LogP contribution in [-0.2, 0) is 9.53 Å². The zero-order valence-electron chi connectivity index (χ0n) is 13.9. The Morgan fingerprint density at radius 3 is 2.17 bits per heavy atom. The molecule has 1 aliphatic heterocycles. The first-order valence-corrected chi connectivity index (χ1v) is 8.04. The number of carbonyl (C=O) groups is 2. The number of carbonyl (C=O) groups excluding carboxylic acids is 1. The molecule has 7 heteroatoms. The molecule has 0 aromatic heterocycles. The van der Waals surface area contributed by atoms with Gasteiger partial charge < -0.3 is 14.7 Å².